The first-order valence-electron chi connectivity index (χ1n) is 6.27. The minimum absolute atomic E-state index is 0.249. The van der Waals surface area contributed by atoms with Crippen LogP contribution in [0.15, 0.2) is 18.2 Å². The van der Waals surface area contributed by atoms with Crippen molar-refractivity contribution in [3.63, 3.8) is 0 Å². The van der Waals surface area contributed by atoms with Gasteiger partial charge >= 0.3 is 0 Å². The van der Waals surface area contributed by atoms with Crippen LogP contribution in [0, 0.1) is 0 Å². The molecule has 18 heavy (non-hydrogen) atoms. The van der Waals surface area contributed by atoms with E-state index in [1.54, 1.807) is 13.2 Å². The zero-order chi connectivity index (χ0) is 13.4. The van der Waals surface area contributed by atoms with Gasteiger partial charge in [0, 0.05) is 6.07 Å². The average molecular weight is 383 g/mol. The molecule has 1 unspecified atom stereocenters. The van der Waals surface area contributed by atoms with Crippen molar-refractivity contribution in [3.8, 4) is 11.5 Å². The summed E-state index contributed by atoms with van der Waals surface area (Å²) in [5.41, 5.74) is 0. The van der Waals surface area contributed by atoms with Crippen LogP contribution in [0.25, 0.3) is 0 Å². The lowest BCUT2D eigenvalue weighted by molar-refractivity contribution is 0.183. The average Bonchev–Trinajstić information content (AvgIpc) is 2.39. The zero-order valence-corrected chi connectivity index (χ0v) is 13.8. The van der Waals surface area contributed by atoms with Gasteiger partial charge in [0.1, 0.15) is 11.5 Å². The molecule has 0 aliphatic heterocycles. The number of halogens is 2. The number of hydrogen-bond acceptors (Lipinski definition) is 2. The summed E-state index contributed by atoms with van der Waals surface area (Å²) in [5, 5.41) is 0.613. The Balaban J connectivity index is 2.58. The fourth-order valence-corrected chi connectivity index (χ4v) is 2.45. The van der Waals surface area contributed by atoms with Crippen molar-refractivity contribution in [3.05, 3.63) is 23.2 Å². The lowest BCUT2D eigenvalue weighted by Crippen LogP contribution is -2.15. The van der Waals surface area contributed by atoms with Gasteiger partial charge in [-0.2, -0.15) is 0 Å². The summed E-state index contributed by atoms with van der Waals surface area (Å²) in [6.07, 6.45) is 4.79. The van der Waals surface area contributed by atoms with Crippen LogP contribution in [-0.4, -0.2) is 17.6 Å². The Morgan fingerprint density at radius 3 is 2.67 bits per heavy atom. The van der Waals surface area contributed by atoms with E-state index < -0.39 is 0 Å². The van der Waals surface area contributed by atoms with Crippen molar-refractivity contribution >= 4 is 34.2 Å². The molecular formula is C14H20ClIO2. The van der Waals surface area contributed by atoms with Crippen molar-refractivity contribution in [2.45, 2.75) is 38.7 Å². The molecule has 1 rings (SSSR count). The van der Waals surface area contributed by atoms with Gasteiger partial charge in [0.2, 0.25) is 0 Å². The van der Waals surface area contributed by atoms with Crippen molar-refractivity contribution in [1.82, 2.24) is 0 Å². The van der Waals surface area contributed by atoms with Gasteiger partial charge in [-0.15, -0.1) is 0 Å². The van der Waals surface area contributed by atoms with Crippen LogP contribution in [0.4, 0.5) is 0 Å². The molecule has 0 saturated carbocycles. The van der Waals surface area contributed by atoms with Gasteiger partial charge in [0.15, 0.2) is 0 Å². The highest BCUT2D eigenvalue weighted by Gasteiger charge is 2.11. The van der Waals surface area contributed by atoms with Crippen LogP contribution < -0.4 is 9.47 Å². The van der Waals surface area contributed by atoms with E-state index in [0.29, 0.717) is 5.02 Å². The van der Waals surface area contributed by atoms with E-state index in [2.05, 4.69) is 29.5 Å². The molecule has 0 aromatic heterocycles. The number of alkyl halides is 1. The Hall–Kier alpha value is -0.160. The van der Waals surface area contributed by atoms with E-state index in [1.807, 2.05) is 12.1 Å². The van der Waals surface area contributed by atoms with E-state index in [4.69, 9.17) is 21.1 Å². The molecule has 0 spiro atoms. The summed E-state index contributed by atoms with van der Waals surface area (Å²) in [5.74, 6) is 1.50. The summed E-state index contributed by atoms with van der Waals surface area (Å²) >= 11 is 8.57. The number of methoxy groups -OCH3 is 1. The highest BCUT2D eigenvalue weighted by Crippen LogP contribution is 2.30. The summed E-state index contributed by atoms with van der Waals surface area (Å²) in [6, 6.07) is 5.54. The second kappa shape index (κ2) is 8.86. The van der Waals surface area contributed by atoms with Crippen molar-refractivity contribution in [1.29, 1.82) is 0 Å². The van der Waals surface area contributed by atoms with E-state index in [9.17, 15) is 0 Å². The summed E-state index contributed by atoms with van der Waals surface area (Å²) in [7, 11) is 1.63. The first-order chi connectivity index (χ1) is 8.71. The van der Waals surface area contributed by atoms with Crippen LogP contribution >= 0.6 is 34.2 Å². The first-order valence-corrected chi connectivity index (χ1v) is 8.17. The van der Waals surface area contributed by atoms with Gasteiger partial charge in [0.25, 0.3) is 0 Å². The maximum absolute atomic E-state index is 6.16. The van der Waals surface area contributed by atoms with Crippen LogP contribution in [-0.2, 0) is 0 Å². The van der Waals surface area contributed by atoms with Gasteiger partial charge in [-0.25, -0.2) is 0 Å². The molecule has 0 amide bonds. The largest absolute Gasteiger partial charge is 0.497 e. The second-order valence-electron chi connectivity index (χ2n) is 4.13. The Kier molecular flexibility index (Phi) is 7.82. The molecule has 102 valence electrons. The number of unbranched alkanes of at least 4 members (excludes halogenated alkanes) is 1. The fraction of sp³-hybridized carbons (Fsp3) is 0.571. The molecule has 0 fully saturated rings. The quantitative estimate of drug-likeness (QED) is 0.353. The Labute approximate surface area is 128 Å². The van der Waals surface area contributed by atoms with Crippen molar-refractivity contribution < 1.29 is 9.47 Å². The van der Waals surface area contributed by atoms with Crippen LogP contribution in [0.2, 0.25) is 5.02 Å². The van der Waals surface area contributed by atoms with Gasteiger partial charge in [0.05, 0.1) is 18.2 Å². The molecule has 1 atom stereocenters. The molecule has 0 radical (unpaired) electrons. The molecule has 0 heterocycles. The molecular weight excluding hydrogens is 363 g/mol. The number of ether oxygens (including phenoxy) is 2. The predicted molar refractivity (Wildman–Crippen MR) is 85.4 cm³/mol. The standard InChI is InChI=1S/C14H20ClIO2/c1-3-11(6-4-5-9-16)18-14-8-7-12(17-2)10-13(14)15/h7-8,10-11H,3-6,9H2,1-2H3. The highest BCUT2D eigenvalue weighted by molar-refractivity contribution is 14.1. The lowest BCUT2D eigenvalue weighted by atomic mass is 10.1. The third-order valence-corrected chi connectivity index (χ3v) is 3.86. The maximum atomic E-state index is 6.16. The van der Waals surface area contributed by atoms with Gasteiger partial charge in [-0.3, -0.25) is 0 Å². The third-order valence-electron chi connectivity index (χ3n) is 2.80. The smallest absolute Gasteiger partial charge is 0.138 e. The van der Waals surface area contributed by atoms with E-state index in [1.165, 1.54) is 17.3 Å². The monoisotopic (exact) mass is 382 g/mol. The van der Waals surface area contributed by atoms with Crippen LogP contribution in [0.1, 0.15) is 32.6 Å². The third kappa shape index (κ3) is 5.22. The Morgan fingerprint density at radius 2 is 2.11 bits per heavy atom. The SMILES string of the molecule is CCC(CCCCI)Oc1ccc(OC)cc1Cl. The maximum Gasteiger partial charge on any atom is 0.138 e. The van der Waals surface area contributed by atoms with Crippen LogP contribution in [0.3, 0.4) is 0 Å². The van der Waals surface area contributed by atoms with Crippen molar-refractivity contribution in [2.75, 3.05) is 11.5 Å². The lowest BCUT2D eigenvalue weighted by Gasteiger charge is -2.18. The Morgan fingerprint density at radius 1 is 1.33 bits per heavy atom. The molecule has 0 bridgehead atoms. The minimum Gasteiger partial charge on any atom is -0.497 e. The topological polar surface area (TPSA) is 18.5 Å². The molecule has 0 N–H and O–H groups in total. The summed E-state index contributed by atoms with van der Waals surface area (Å²) in [4.78, 5) is 0. The molecule has 0 aliphatic carbocycles. The minimum atomic E-state index is 0.249. The van der Waals surface area contributed by atoms with Gasteiger partial charge in [-0.1, -0.05) is 41.1 Å². The van der Waals surface area contributed by atoms with Crippen LogP contribution in [0.5, 0.6) is 11.5 Å². The normalized spacial score (nSPS) is 12.2. The highest BCUT2D eigenvalue weighted by atomic mass is 127. The molecule has 0 aliphatic rings. The molecule has 2 nitrogen and oxygen atoms in total. The second-order valence-corrected chi connectivity index (χ2v) is 5.62. The van der Waals surface area contributed by atoms with E-state index >= 15 is 0 Å². The molecule has 4 heteroatoms. The number of rotatable bonds is 8. The predicted octanol–water partition coefficient (Wildman–Crippen LogP) is 5.11. The van der Waals surface area contributed by atoms with E-state index in [0.717, 1.165) is 24.3 Å². The zero-order valence-electron chi connectivity index (χ0n) is 10.9. The number of benzene rings is 1. The number of hydrogen-bond donors (Lipinski definition) is 0. The summed E-state index contributed by atoms with van der Waals surface area (Å²) < 4.78 is 12.3. The summed E-state index contributed by atoms with van der Waals surface area (Å²) in [6.45, 7) is 2.14. The molecule has 1 aromatic carbocycles. The fourth-order valence-electron chi connectivity index (χ4n) is 1.70. The molecule has 1 aromatic rings. The van der Waals surface area contributed by atoms with Gasteiger partial charge < -0.3 is 9.47 Å². The van der Waals surface area contributed by atoms with E-state index in [-0.39, 0.29) is 6.10 Å². The van der Waals surface area contributed by atoms with Crippen molar-refractivity contribution in [2.24, 2.45) is 0 Å². The first kappa shape index (κ1) is 15.9. The molecule has 0 saturated heterocycles. The van der Waals surface area contributed by atoms with Gasteiger partial charge in [-0.05, 0) is 42.2 Å². The Bertz CT molecular complexity index is 358.